The van der Waals surface area contributed by atoms with E-state index in [0.29, 0.717) is 30.0 Å². The molecule has 0 saturated carbocycles. The van der Waals surface area contributed by atoms with E-state index in [-0.39, 0.29) is 10.8 Å². The molecular weight excluding hydrogens is 424 g/mol. The van der Waals surface area contributed by atoms with Crippen LogP contribution in [-0.4, -0.2) is 20.9 Å². The molecule has 162 valence electrons. The predicted molar refractivity (Wildman–Crippen MR) is 123 cm³/mol. The van der Waals surface area contributed by atoms with Crippen molar-refractivity contribution >= 4 is 32.6 Å². The second-order valence-electron chi connectivity index (χ2n) is 7.79. The number of rotatable bonds is 6. The van der Waals surface area contributed by atoms with Gasteiger partial charge in [0.25, 0.3) is 0 Å². The van der Waals surface area contributed by atoms with Crippen molar-refractivity contribution < 1.29 is 17.6 Å². The number of carbonyl (C=O) groups is 1. The van der Waals surface area contributed by atoms with E-state index in [2.05, 4.69) is 4.72 Å². The first kappa shape index (κ1) is 20.5. The molecule has 1 fully saturated rings. The molecule has 1 aliphatic heterocycles. The van der Waals surface area contributed by atoms with Crippen LogP contribution in [0.15, 0.2) is 94.2 Å². The van der Waals surface area contributed by atoms with Crippen LogP contribution >= 0.6 is 0 Å². The molecule has 6 nitrogen and oxygen atoms in total. The Morgan fingerprint density at radius 2 is 1.62 bits per heavy atom. The van der Waals surface area contributed by atoms with E-state index < -0.39 is 16.1 Å². The van der Waals surface area contributed by atoms with Crippen LogP contribution in [0.2, 0.25) is 0 Å². The highest BCUT2D eigenvalue weighted by Gasteiger charge is 2.27. The number of amides is 1. The van der Waals surface area contributed by atoms with Gasteiger partial charge >= 0.3 is 0 Å². The van der Waals surface area contributed by atoms with Gasteiger partial charge in [-0.05, 0) is 48.4 Å². The third-order valence-corrected chi connectivity index (χ3v) is 7.11. The van der Waals surface area contributed by atoms with Crippen LogP contribution in [0.25, 0.3) is 11.0 Å². The molecule has 1 aromatic heterocycles. The summed E-state index contributed by atoms with van der Waals surface area (Å²) in [6.45, 7) is 0.658. The highest BCUT2D eigenvalue weighted by Crippen LogP contribution is 2.30. The van der Waals surface area contributed by atoms with Gasteiger partial charge in [0, 0.05) is 24.0 Å². The Hall–Kier alpha value is -3.42. The summed E-state index contributed by atoms with van der Waals surface area (Å²) in [5, 5.41) is 0.905. The van der Waals surface area contributed by atoms with Crippen molar-refractivity contribution in [1.82, 2.24) is 4.72 Å². The van der Waals surface area contributed by atoms with E-state index in [1.54, 1.807) is 17.0 Å². The van der Waals surface area contributed by atoms with Crippen molar-refractivity contribution in [3.05, 3.63) is 96.3 Å². The number of carbonyl (C=O) groups excluding carboxylic acids is 1. The van der Waals surface area contributed by atoms with Crippen LogP contribution in [-0.2, 0) is 14.8 Å². The van der Waals surface area contributed by atoms with E-state index in [4.69, 9.17) is 4.42 Å². The zero-order valence-corrected chi connectivity index (χ0v) is 18.1. The monoisotopic (exact) mass is 446 g/mol. The maximum Gasteiger partial charge on any atom is 0.241 e. The Kier molecular flexibility index (Phi) is 5.28. The molecule has 4 aromatic rings. The van der Waals surface area contributed by atoms with Crippen molar-refractivity contribution in [2.45, 2.75) is 23.8 Å². The summed E-state index contributed by atoms with van der Waals surface area (Å²) < 4.78 is 35.3. The zero-order chi connectivity index (χ0) is 22.1. The molecule has 2 heterocycles. The Morgan fingerprint density at radius 3 is 2.31 bits per heavy atom. The van der Waals surface area contributed by atoms with Crippen molar-refractivity contribution in [2.75, 3.05) is 11.4 Å². The SMILES string of the molecule is O=C1CCCN1c1ccc(S(=O)(=O)N[C@@H](c2ccccc2)c2cc3ccccc3o2)cc1. The van der Waals surface area contributed by atoms with Crippen molar-refractivity contribution in [3.8, 4) is 0 Å². The van der Waals surface area contributed by atoms with Crippen molar-refractivity contribution in [3.63, 3.8) is 0 Å². The minimum Gasteiger partial charge on any atom is -0.459 e. The second-order valence-corrected chi connectivity index (χ2v) is 9.51. The highest BCUT2D eigenvalue weighted by molar-refractivity contribution is 7.89. The van der Waals surface area contributed by atoms with Gasteiger partial charge in [0.2, 0.25) is 15.9 Å². The fourth-order valence-corrected chi connectivity index (χ4v) is 5.22. The average molecular weight is 447 g/mol. The Labute approximate surface area is 186 Å². The molecule has 0 spiro atoms. The van der Waals surface area contributed by atoms with Gasteiger partial charge in [-0.2, -0.15) is 4.72 Å². The standard InChI is InChI=1S/C25H22N2O4S/c28-24-11-6-16-27(24)20-12-14-21(15-13-20)32(29,30)26-25(18-7-2-1-3-8-18)23-17-19-9-4-5-10-22(19)31-23/h1-5,7-10,12-15,17,25-26H,6,11,16H2/t25-/m0/s1. The molecule has 3 aromatic carbocycles. The smallest absolute Gasteiger partial charge is 0.241 e. The van der Waals surface area contributed by atoms with E-state index >= 15 is 0 Å². The van der Waals surface area contributed by atoms with Crippen LogP contribution in [0.5, 0.6) is 0 Å². The molecule has 1 atom stereocenters. The van der Waals surface area contributed by atoms with Crippen LogP contribution < -0.4 is 9.62 Å². The predicted octanol–water partition coefficient (Wildman–Crippen LogP) is 4.63. The third kappa shape index (κ3) is 3.92. The number of sulfonamides is 1. The maximum atomic E-state index is 13.3. The molecule has 5 rings (SSSR count). The highest BCUT2D eigenvalue weighted by atomic mass is 32.2. The largest absolute Gasteiger partial charge is 0.459 e. The molecule has 0 unspecified atom stereocenters. The van der Waals surface area contributed by atoms with Gasteiger partial charge in [-0.3, -0.25) is 4.79 Å². The third-order valence-electron chi connectivity index (χ3n) is 5.67. The molecule has 0 bridgehead atoms. The molecule has 1 amide bonds. The van der Waals surface area contributed by atoms with E-state index in [1.807, 2.05) is 60.7 Å². The lowest BCUT2D eigenvalue weighted by Gasteiger charge is -2.19. The van der Waals surface area contributed by atoms with Gasteiger partial charge in [0.1, 0.15) is 17.4 Å². The summed E-state index contributed by atoms with van der Waals surface area (Å²) in [5.74, 6) is 0.577. The van der Waals surface area contributed by atoms with Gasteiger partial charge < -0.3 is 9.32 Å². The van der Waals surface area contributed by atoms with Gasteiger partial charge in [-0.25, -0.2) is 8.42 Å². The van der Waals surface area contributed by atoms with E-state index in [0.717, 1.165) is 17.4 Å². The van der Waals surface area contributed by atoms with Crippen LogP contribution in [0.4, 0.5) is 5.69 Å². The number of nitrogens with zero attached hydrogens (tertiary/aromatic N) is 1. The molecule has 32 heavy (non-hydrogen) atoms. The molecule has 0 radical (unpaired) electrons. The zero-order valence-electron chi connectivity index (χ0n) is 17.3. The second kappa shape index (κ2) is 8.26. The number of para-hydroxylation sites is 1. The Bertz CT molecular complexity index is 1330. The summed E-state index contributed by atoms with van der Waals surface area (Å²) in [5.41, 5.74) is 2.18. The molecule has 1 N–H and O–H groups in total. The Morgan fingerprint density at radius 1 is 0.906 bits per heavy atom. The maximum absolute atomic E-state index is 13.3. The van der Waals surface area contributed by atoms with Gasteiger partial charge in [0.05, 0.1) is 4.90 Å². The lowest BCUT2D eigenvalue weighted by molar-refractivity contribution is -0.117. The molecule has 1 aliphatic rings. The molecule has 0 aliphatic carbocycles. The van der Waals surface area contributed by atoms with E-state index in [9.17, 15) is 13.2 Å². The summed E-state index contributed by atoms with van der Waals surface area (Å²) in [7, 11) is -3.86. The number of hydrogen-bond acceptors (Lipinski definition) is 4. The number of nitrogens with one attached hydrogen (secondary N) is 1. The van der Waals surface area contributed by atoms with Gasteiger partial charge in [-0.15, -0.1) is 0 Å². The average Bonchev–Trinajstić information content (AvgIpc) is 3.44. The van der Waals surface area contributed by atoms with Crippen LogP contribution in [0.1, 0.15) is 30.2 Å². The van der Waals surface area contributed by atoms with Crippen molar-refractivity contribution in [2.24, 2.45) is 0 Å². The lowest BCUT2D eigenvalue weighted by atomic mass is 10.1. The fraction of sp³-hybridized carbons (Fsp3) is 0.160. The first-order valence-corrected chi connectivity index (χ1v) is 12.0. The summed E-state index contributed by atoms with van der Waals surface area (Å²) in [6, 6.07) is 24.5. The Balaban J connectivity index is 1.48. The summed E-state index contributed by atoms with van der Waals surface area (Å²) >= 11 is 0. The molecule has 1 saturated heterocycles. The molecule has 7 heteroatoms. The minimum atomic E-state index is -3.86. The first-order valence-electron chi connectivity index (χ1n) is 10.5. The van der Waals surface area contributed by atoms with E-state index in [1.165, 1.54) is 12.1 Å². The summed E-state index contributed by atoms with van der Waals surface area (Å²) in [6.07, 6.45) is 1.34. The van der Waals surface area contributed by atoms with Crippen LogP contribution in [0, 0.1) is 0 Å². The minimum absolute atomic E-state index is 0.0627. The number of fused-ring (bicyclic) bond motifs is 1. The quantitative estimate of drug-likeness (QED) is 0.468. The van der Waals surface area contributed by atoms with Crippen molar-refractivity contribution in [1.29, 1.82) is 0 Å². The lowest BCUT2D eigenvalue weighted by Crippen LogP contribution is -2.29. The first-order chi connectivity index (χ1) is 15.5. The fourth-order valence-electron chi connectivity index (χ4n) is 4.03. The molecular formula is C25H22N2O4S. The topological polar surface area (TPSA) is 79.6 Å². The van der Waals surface area contributed by atoms with Gasteiger partial charge in [0.15, 0.2) is 0 Å². The number of hydrogen-bond donors (Lipinski definition) is 1. The van der Waals surface area contributed by atoms with Gasteiger partial charge in [-0.1, -0.05) is 48.5 Å². The number of furan rings is 1. The summed E-state index contributed by atoms with van der Waals surface area (Å²) in [4.78, 5) is 13.8. The number of anilines is 1. The normalized spacial score (nSPS) is 15.4. The number of benzene rings is 3. The van der Waals surface area contributed by atoms with Crippen LogP contribution in [0.3, 0.4) is 0 Å².